The Morgan fingerprint density at radius 1 is 0.926 bits per heavy atom. The number of carbonyl (C=O) groups excluding carboxylic acids is 7. The predicted octanol–water partition coefficient (Wildman–Crippen LogP) is 0.804. The average molecular weight is 757 g/mol. The molecule has 3 unspecified atom stereocenters. The zero-order valence-corrected chi connectivity index (χ0v) is 31.5. The van der Waals surface area contributed by atoms with E-state index < -0.39 is 84.7 Å². The Balaban J connectivity index is 1.77. The van der Waals surface area contributed by atoms with Crippen LogP contribution >= 0.6 is 0 Å². The number of aryl methyl sites for hydroxylation is 1. The molecule has 2 aliphatic rings. The Kier molecular flexibility index (Phi) is 17.5. The second-order valence-corrected chi connectivity index (χ2v) is 14.2. The fraction of sp³-hybridized carbons (Fsp3) is 0.632. The van der Waals surface area contributed by atoms with Gasteiger partial charge in [0, 0.05) is 13.0 Å². The van der Waals surface area contributed by atoms with Crippen molar-refractivity contribution < 1.29 is 48.2 Å². The summed E-state index contributed by atoms with van der Waals surface area (Å²) >= 11 is 0. The van der Waals surface area contributed by atoms with Crippen molar-refractivity contribution in [2.75, 3.05) is 19.7 Å². The molecule has 1 aromatic rings. The number of primary amides is 1. The number of unbranched alkanes of at least 4 members (excludes halogenated alkanes) is 1. The highest BCUT2D eigenvalue weighted by Gasteiger charge is 2.45. The Bertz CT molecular complexity index is 1510. The number of hydrogen-bond acceptors (Lipinski definition) is 9. The van der Waals surface area contributed by atoms with Crippen LogP contribution in [0.4, 0.5) is 0 Å². The SMILES string of the molecule is CCCCC(NC(=O)CNC(=O)C(=O)C(CCC)NC(=O)[C@@H]1C[C@@H](OCC(=O)O)CN1C(=O)C(NC(=O)Cc1cccc(C)c1)C1CCCCC1)C(N)=O. The Morgan fingerprint density at radius 2 is 1.65 bits per heavy atom. The van der Waals surface area contributed by atoms with E-state index >= 15 is 0 Å². The van der Waals surface area contributed by atoms with Gasteiger partial charge in [0.2, 0.25) is 35.3 Å². The van der Waals surface area contributed by atoms with Crippen molar-refractivity contribution in [2.24, 2.45) is 11.7 Å². The molecule has 16 nitrogen and oxygen atoms in total. The molecule has 0 bridgehead atoms. The molecule has 2 fully saturated rings. The number of nitrogens with zero attached hydrogens (tertiary/aromatic N) is 1. The third-order valence-corrected chi connectivity index (χ3v) is 9.81. The third-order valence-electron chi connectivity index (χ3n) is 9.81. The van der Waals surface area contributed by atoms with E-state index in [1.54, 1.807) is 6.92 Å². The normalized spacial score (nSPS) is 18.8. The van der Waals surface area contributed by atoms with Crippen molar-refractivity contribution in [1.82, 2.24) is 26.2 Å². The lowest BCUT2D eigenvalue weighted by atomic mass is 9.83. The number of benzene rings is 1. The Hall–Kier alpha value is -4.86. The second kappa shape index (κ2) is 21.7. The zero-order valence-electron chi connectivity index (χ0n) is 31.5. The number of hydrogen-bond donors (Lipinski definition) is 6. The summed E-state index contributed by atoms with van der Waals surface area (Å²) in [5.41, 5.74) is 7.13. The van der Waals surface area contributed by atoms with Crippen molar-refractivity contribution in [1.29, 1.82) is 0 Å². The first-order valence-corrected chi connectivity index (χ1v) is 18.9. The standard InChI is InChI=1S/C38H56N6O10/c1-4-6-16-28(35(39)50)41-31(46)20-40-37(52)34(49)27(11-5-2)42-36(51)29-19-26(54-22-32(47)48)21-44(29)38(53)33(25-14-8-7-9-15-25)43-30(45)18-24-13-10-12-23(3)17-24/h10,12-13,17,25-29,33H,4-9,11,14-16,18-22H2,1-3H3,(H2,39,50)(H,40,52)(H,41,46)(H,42,51)(H,43,45)(H,47,48)/t26-,27?,28?,29+,33?/m1/s1. The van der Waals surface area contributed by atoms with Gasteiger partial charge in [0.1, 0.15) is 24.7 Å². The van der Waals surface area contributed by atoms with Crippen LogP contribution in [0.3, 0.4) is 0 Å². The molecule has 5 atom stereocenters. The number of amides is 6. The predicted molar refractivity (Wildman–Crippen MR) is 196 cm³/mol. The van der Waals surface area contributed by atoms with Crippen LogP contribution in [0.15, 0.2) is 24.3 Å². The molecule has 16 heteroatoms. The summed E-state index contributed by atoms with van der Waals surface area (Å²) in [6, 6.07) is 3.07. The van der Waals surface area contributed by atoms with Crippen molar-refractivity contribution in [3.63, 3.8) is 0 Å². The van der Waals surface area contributed by atoms with Crippen LogP contribution in [0.1, 0.15) is 95.6 Å². The minimum absolute atomic E-state index is 0.0432. The van der Waals surface area contributed by atoms with Gasteiger partial charge in [-0.25, -0.2) is 4.79 Å². The van der Waals surface area contributed by atoms with Crippen LogP contribution < -0.4 is 27.0 Å². The summed E-state index contributed by atoms with van der Waals surface area (Å²) in [6.45, 7) is 4.16. The summed E-state index contributed by atoms with van der Waals surface area (Å²) in [7, 11) is 0. The minimum Gasteiger partial charge on any atom is -0.480 e. The van der Waals surface area contributed by atoms with E-state index in [2.05, 4.69) is 21.3 Å². The van der Waals surface area contributed by atoms with Crippen molar-refractivity contribution in [3.8, 4) is 0 Å². The first-order valence-electron chi connectivity index (χ1n) is 18.9. The van der Waals surface area contributed by atoms with Gasteiger partial charge < -0.3 is 41.7 Å². The monoisotopic (exact) mass is 756 g/mol. The molecule has 0 spiro atoms. The number of carbonyl (C=O) groups is 8. The van der Waals surface area contributed by atoms with Gasteiger partial charge in [-0.05, 0) is 44.1 Å². The maximum absolute atomic E-state index is 14.4. The van der Waals surface area contributed by atoms with Gasteiger partial charge in [-0.2, -0.15) is 0 Å². The lowest BCUT2D eigenvalue weighted by Crippen LogP contribution is -2.58. The van der Waals surface area contributed by atoms with Crippen LogP contribution in [0.2, 0.25) is 0 Å². The molecule has 1 aliphatic carbocycles. The smallest absolute Gasteiger partial charge is 0.329 e. The number of ether oxygens (including phenoxy) is 1. The third kappa shape index (κ3) is 13.5. The molecule has 298 valence electrons. The van der Waals surface area contributed by atoms with Crippen LogP contribution in [0.25, 0.3) is 0 Å². The maximum Gasteiger partial charge on any atom is 0.329 e. The molecule has 1 saturated carbocycles. The van der Waals surface area contributed by atoms with Gasteiger partial charge in [0.05, 0.1) is 25.1 Å². The summed E-state index contributed by atoms with van der Waals surface area (Å²) < 4.78 is 5.52. The molecular weight excluding hydrogens is 700 g/mol. The number of nitrogens with two attached hydrogens (primary N) is 1. The van der Waals surface area contributed by atoms with Crippen LogP contribution in [-0.4, -0.2) is 107 Å². The first-order chi connectivity index (χ1) is 25.7. The van der Waals surface area contributed by atoms with Gasteiger partial charge in [-0.1, -0.05) is 82.2 Å². The number of carboxylic acid groups (broad SMARTS) is 1. The fourth-order valence-corrected chi connectivity index (χ4v) is 7.03. The van der Waals surface area contributed by atoms with Crippen LogP contribution in [0.5, 0.6) is 0 Å². The summed E-state index contributed by atoms with van der Waals surface area (Å²) in [5, 5.41) is 19.5. The number of aliphatic carboxylic acids is 1. The van der Waals surface area contributed by atoms with E-state index in [4.69, 9.17) is 10.5 Å². The van der Waals surface area contributed by atoms with Crippen molar-refractivity contribution >= 4 is 47.2 Å². The molecule has 0 aromatic heterocycles. The molecule has 6 amide bonds. The molecule has 1 heterocycles. The summed E-state index contributed by atoms with van der Waals surface area (Å²) in [6.07, 6.45) is 5.39. The quantitative estimate of drug-likeness (QED) is 0.0964. The van der Waals surface area contributed by atoms with Gasteiger partial charge in [0.15, 0.2) is 0 Å². The van der Waals surface area contributed by atoms with Gasteiger partial charge in [-0.15, -0.1) is 0 Å². The number of Topliss-reactive ketones (excluding diaryl/α,β-unsaturated/α-hetero) is 1. The van der Waals surface area contributed by atoms with E-state index in [0.717, 1.165) is 36.8 Å². The molecule has 1 saturated heterocycles. The molecule has 1 aliphatic heterocycles. The van der Waals surface area contributed by atoms with E-state index in [1.807, 2.05) is 38.1 Å². The average Bonchev–Trinajstić information content (AvgIpc) is 3.58. The molecule has 0 radical (unpaired) electrons. The molecule has 1 aromatic carbocycles. The van der Waals surface area contributed by atoms with E-state index in [1.165, 1.54) is 4.90 Å². The molecule has 7 N–H and O–H groups in total. The van der Waals surface area contributed by atoms with E-state index in [0.29, 0.717) is 32.1 Å². The molecule has 54 heavy (non-hydrogen) atoms. The largest absolute Gasteiger partial charge is 0.480 e. The maximum atomic E-state index is 14.4. The number of rotatable bonds is 21. The molecule has 3 rings (SSSR count). The zero-order chi connectivity index (χ0) is 39.8. The van der Waals surface area contributed by atoms with E-state index in [9.17, 15) is 43.5 Å². The number of likely N-dealkylation sites (tertiary alicyclic amines) is 1. The fourth-order valence-electron chi connectivity index (χ4n) is 7.03. The van der Waals surface area contributed by atoms with Crippen LogP contribution in [0, 0.1) is 12.8 Å². The number of carboxylic acids is 1. The Morgan fingerprint density at radius 3 is 2.28 bits per heavy atom. The molecular formula is C38H56N6O10. The van der Waals surface area contributed by atoms with Gasteiger partial charge in [-0.3, -0.25) is 33.6 Å². The summed E-state index contributed by atoms with van der Waals surface area (Å²) in [4.78, 5) is 105. The lowest BCUT2D eigenvalue weighted by Gasteiger charge is -2.35. The second-order valence-electron chi connectivity index (χ2n) is 14.2. The van der Waals surface area contributed by atoms with Crippen LogP contribution in [-0.2, 0) is 49.5 Å². The minimum atomic E-state index is -1.31. The highest BCUT2D eigenvalue weighted by molar-refractivity contribution is 6.38. The van der Waals surface area contributed by atoms with Gasteiger partial charge >= 0.3 is 5.97 Å². The number of nitrogens with one attached hydrogen (secondary N) is 4. The number of ketones is 1. The lowest BCUT2D eigenvalue weighted by molar-refractivity contribution is -0.145. The van der Waals surface area contributed by atoms with Gasteiger partial charge in [0.25, 0.3) is 5.91 Å². The summed E-state index contributed by atoms with van der Waals surface area (Å²) in [5.74, 6) is -6.67. The Labute approximate surface area is 316 Å². The first kappa shape index (κ1) is 43.5. The van der Waals surface area contributed by atoms with Crippen molar-refractivity contribution in [3.05, 3.63) is 35.4 Å². The van der Waals surface area contributed by atoms with Crippen molar-refractivity contribution in [2.45, 2.75) is 128 Å². The van der Waals surface area contributed by atoms with E-state index in [-0.39, 0.29) is 37.6 Å². The highest BCUT2D eigenvalue weighted by Crippen LogP contribution is 2.30. The highest BCUT2D eigenvalue weighted by atomic mass is 16.5. The topological polar surface area (TPSA) is 243 Å².